The van der Waals surface area contributed by atoms with Gasteiger partial charge in [0.25, 0.3) is 5.91 Å². The molecule has 1 aliphatic carbocycles. The van der Waals surface area contributed by atoms with E-state index in [0.717, 1.165) is 24.1 Å². The fourth-order valence-corrected chi connectivity index (χ4v) is 2.96. The van der Waals surface area contributed by atoms with Crippen LogP contribution in [0, 0.1) is 11.7 Å². The van der Waals surface area contributed by atoms with Crippen LogP contribution in [0.1, 0.15) is 41.9 Å². The lowest BCUT2D eigenvalue weighted by Crippen LogP contribution is -2.26. The van der Waals surface area contributed by atoms with Crippen LogP contribution in [0.25, 0.3) is 11.3 Å². The quantitative estimate of drug-likeness (QED) is 0.653. The average molecular weight is 393 g/mol. The highest BCUT2D eigenvalue weighted by atomic mass is 19.1. The third-order valence-corrected chi connectivity index (χ3v) is 4.83. The fourth-order valence-electron chi connectivity index (χ4n) is 2.96. The highest BCUT2D eigenvalue weighted by Gasteiger charge is 2.29. The maximum absolute atomic E-state index is 13.4. The van der Waals surface area contributed by atoms with E-state index in [0.29, 0.717) is 11.3 Å². The van der Waals surface area contributed by atoms with Crippen molar-refractivity contribution in [3.8, 4) is 11.3 Å². The van der Waals surface area contributed by atoms with E-state index in [1.807, 2.05) is 31.2 Å². The Balaban J connectivity index is 1.38. The largest absolute Gasteiger partial charge is 0.350 e. The molecule has 2 N–H and O–H groups in total. The average Bonchev–Trinajstić information content (AvgIpc) is 3.45. The van der Waals surface area contributed by atoms with E-state index >= 15 is 0 Å². The molecule has 1 aliphatic rings. The van der Waals surface area contributed by atoms with Gasteiger partial charge in [-0.15, -0.1) is 0 Å². The monoisotopic (exact) mass is 393 g/mol. The van der Waals surface area contributed by atoms with E-state index in [2.05, 4.69) is 15.8 Å². The Labute approximate surface area is 167 Å². The van der Waals surface area contributed by atoms with Gasteiger partial charge in [0, 0.05) is 23.2 Å². The Morgan fingerprint density at radius 3 is 2.59 bits per heavy atom. The van der Waals surface area contributed by atoms with Gasteiger partial charge in [-0.1, -0.05) is 29.4 Å². The first-order valence-corrected chi connectivity index (χ1v) is 9.44. The zero-order valence-corrected chi connectivity index (χ0v) is 15.8. The second-order valence-corrected chi connectivity index (χ2v) is 7.17. The molecule has 29 heavy (non-hydrogen) atoms. The molecule has 1 heterocycles. The fraction of sp³-hybridized carbons (Fsp3) is 0.227. The molecule has 0 unspecified atom stereocenters. The molecule has 1 aromatic heterocycles. The van der Waals surface area contributed by atoms with Crippen LogP contribution < -0.4 is 10.6 Å². The highest BCUT2D eigenvalue weighted by molar-refractivity contribution is 5.94. The van der Waals surface area contributed by atoms with Crippen LogP contribution in [-0.2, 0) is 4.79 Å². The molecule has 1 atom stereocenters. The maximum Gasteiger partial charge on any atom is 0.290 e. The van der Waals surface area contributed by atoms with Crippen molar-refractivity contribution in [2.75, 3.05) is 5.32 Å². The van der Waals surface area contributed by atoms with E-state index in [4.69, 9.17) is 4.52 Å². The lowest BCUT2D eigenvalue weighted by molar-refractivity contribution is -0.117. The second kappa shape index (κ2) is 7.87. The molecule has 0 spiro atoms. The third-order valence-electron chi connectivity index (χ3n) is 4.83. The zero-order chi connectivity index (χ0) is 20.4. The Kier molecular flexibility index (Phi) is 5.12. The normalized spacial score (nSPS) is 14.3. The minimum absolute atomic E-state index is 0.0458. The van der Waals surface area contributed by atoms with Gasteiger partial charge in [-0.2, -0.15) is 0 Å². The number of hydrogen-bond acceptors (Lipinski definition) is 4. The van der Waals surface area contributed by atoms with Crippen molar-refractivity contribution in [2.45, 2.75) is 25.8 Å². The summed E-state index contributed by atoms with van der Waals surface area (Å²) in [5.74, 6) is -0.560. The van der Waals surface area contributed by atoms with Crippen LogP contribution in [0.3, 0.4) is 0 Å². The first-order valence-electron chi connectivity index (χ1n) is 9.44. The molecule has 1 saturated carbocycles. The highest BCUT2D eigenvalue weighted by Crippen LogP contribution is 2.30. The number of anilines is 1. The number of hydrogen-bond donors (Lipinski definition) is 2. The Hall–Kier alpha value is -3.48. The number of rotatable bonds is 6. The predicted molar refractivity (Wildman–Crippen MR) is 106 cm³/mol. The molecule has 2 aromatic carbocycles. The SMILES string of the molecule is C[C@@H](NC(=O)c1cc(-c2cccc(F)c2)no1)c1ccc(NC(=O)C2CC2)cc1. The predicted octanol–water partition coefficient (Wildman–Crippen LogP) is 4.32. The maximum atomic E-state index is 13.4. The summed E-state index contributed by atoms with van der Waals surface area (Å²) in [4.78, 5) is 24.3. The number of halogens is 1. The summed E-state index contributed by atoms with van der Waals surface area (Å²) in [6.07, 6.45) is 1.91. The van der Waals surface area contributed by atoms with Crippen LogP contribution in [0.5, 0.6) is 0 Å². The standard InChI is InChI=1S/C22H20FN3O3/c1-13(14-7-9-18(10-8-14)25-21(27)15-5-6-15)24-22(28)20-12-19(26-29-20)16-3-2-4-17(23)11-16/h2-4,7-13,15H,5-6H2,1H3,(H,24,28)(H,25,27)/t13-/m1/s1. The smallest absolute Gasteiger partial charge is 0.290 e. The summed E-state index contributed by atoms with van der Waals surface area (Å²) >= 11 is 0. The third kappa shape index (κ3) is 4.51. The van der Waals surface area contributed by atoms with Crippen LogP contribution in [0.15, 0.2) is 59.1 Å². The van der Waals surface area contributed by atoms with Gasteiger partial charge in [-0.25, -0.2) is 4.39 Å². The molecule has 6 nitrogen and oxygen atoms in total. The van der Waals surface area contributed by atoms with Crippen molar-refractivity contribution in [2.24, 2.45) is 5.92 Å². The van der Waals surface area contributed by atoms with E-state index in [1.54, 1.807) is 12.1 Å². The number of carbonyl (C=O) groups is 2. The Morgan fingerprint density at radius 2 is 1.90 bits per heavy atom. The molecule has 2 amide bonds. The van der Waals surface area contributed by atoms with Gasteiger partial charge >= 0.3 is 0 Å². The van der Waals surface area contributed by atoms with Crippen molar-refractivity contribution in [3.63, 3.8) is 0 Å². The summed E-state index contributed by atoms with van der Waals surface area (Å²) in [6, 6.07) is 14.5. The molecule has 1 fully saturated rings. The van der Waals surface area contributed by atoms with Crippen LogP contribution in [0.2, 0.25) is 0 Å². The first-order chi connectivity index (χ1) is 14.0. The van der Waals surface area contributed by atoms with E-state index in [9.17, 15) is 14.0 Å². The summed E-state index contributed by atoms with van der Waals surface area (Å²) in [6.45, 7) is 1.85. The number of nitrogens with zero attached hydrogens (tertiary/aromatic N) is 1. The van der Waals surface area contributed by atoms with E-state index < -0.39 is 5.91 Å². The lowest BCUT2D eigenvalue weighted by Gasteiger charge is -2.14. The number of aromatic nitrogens is 1. The molecule has 148 valence electrons. The summed E-state index contributed by atoms with van der Waals surface area (Å²) < 4.78 is 18.5. The molecule has 0 radical (unpaired) electrons. The molecular formula is C22H20FN3O3. The molecule has 0 saturated heterocycles. The second-order valence-electron chi connectivity index (χ2n) is 7.17. The number of amides is 2. The molecule has 0 bridgehead atoms. The Bertz CT molecular complexity index is 1040. The van der Waals surface area contributed by atoms with Gasteiger partial charge in [-0.3, -0.25) is 9.59 Å². The van der Waals surface area contributed by atoms with Crippen LogP contribution in [0.4, 0.5) is 10.1 Å². The summed E-state index contributed by atoms with van der Waals surface area (Å²) in [5, 5.41) is 9.57. The molecule has 7 heteroatoms. The van der Waals surface area contributed by atoms with Gasteiger partial charge in [0.2, 0.25) is 11.7 Å². The zero-order valence-electron chi connectivity index (χ0n) is 15.8. The van der Waals surface area contributed by atoms with Gasteiger partial charge in [0.1, 0.15) is 11.5 Å². The Morgan fingerprint density at radius 1 is 1.14 bits per heavy atom. The van der Waals surface area contributed by atoms with Crippen molar-refractivity contribution in [3.05, 3.63) is 71.7 Å². The van der Waals surface area contributed by atoms with Gasteiger partial charge in [0.15, 0.2) is 0 Å². The van der Waals surface area contributed by atoms with Gasteiger partial charge in [-0.05, 0) is 49.6 Å². The van der Waals surface area contributed by atoms with Gasteiger partial charge in [0.05, 0.1) is 6.04 Å². The summed E-state index contributed by atoms with van der Waals surface area (Å²) in [5.41, 5.74) is 2.54. The van der Waals surface area contributed by atoms with E-state index in [1.165, 1.54) is 18.2 Å². The molecule has 4 rings (SSSR count). The van der Waals surface area contributed by atoms with Crippen LogP contribution in [-0.4, -0.2) is 17.0 Å². The minimum Gasteiger partial charge on any atom is -0.350 e. The van der Waals surface area contributed by atoms with Crippen molar-refractivity contribution in [1.82, 2.24) is 10.5 Å². The summed E-state index contributed by atoms with van der Waals surface area (Å²) in [7, 11) is 0. The van der Waals surface area contributed by atoms with Gasteiger partial charge < -0.3 is 15.2 Å². The van der Waals surface area contributed by atoms with E-state index in [-0.39, 0.29) is 29.4 Å². The number of benzene rings is 2. The number of nitrogens with one attached hydrogen (secondary N) is 2. The number of carbonyl (C=O) groups excluding carboxylic acids is 2. The van der Waals surface area contributed by atoms with Crippen LogP contribution >= 0.6 is 0 Å². The van der Waals surface area contributed by atoms with Crippen molar-refractivity contribution in [1.29, 1.82) is 0 Å². The van der Waals surface area contributed by atoms with Crippen molar-refractivity contribution < 1.29 is 18.5 Å². The lowest BCUT2D eigenvalue weighted by atomic mass is 10.1. The molecule has 3 aromatic rings. The minimum atomic E-state index is -0.418. The van der Waals surface area contributed by atoms with Crippen molar-refractivity contribution >= 4 is 17.5 Å². The molecular weight excluding hydrogens is 373 g/mol. The first kappa shape index (κ1) is 18.9. The topological polar surface area (TPSA) is 84.2 Å². The molecule has 0 aliphatic heterocycles.